The molecule has 4 nitrogen and oxygen atoms in total. The summed E-state index contributed by atoms with van der Waals surface area (Å²) in [6.07, 6.45) is 0. The van der Waals surface area contributed by atoms with Crippen molar-refractivity contribution in [2.75, 3.05) is 10.8 Å². The van der Waals surface area contributed by atoms with Gasteiger partial charge < -0.3 is 0 Å². The molecule has 0 spiro atoms. The Kier molecular flexibility index (Phi) is 4.04. The monoisotopic (exact) mass is 383 g/mol. The molecule has 0 N–H and O–H groups in total. The van der Waals surface area contributed by atoms with Crippen LogP contribution in [0.5, 0.6) is 0 Å². The van der Waals surface area contributed by atoms with Gasteiger partial charge in [0.25, 0.3) is 10.0 Å². The highest BCUT2D eigenvalue weighted by molar-refractivity contribution is 8.14. The third kappa shape index (κ3) is 2.52. The molecule has 132 valence electrons. The van der Waals surface area contributed by atoms with E-state index in [1.807, 2.05) is 32.0 Å². The fourth-order valence-electron chi connectivity index (χ4n) is 3.38. The molecule has 1 aliphatic rings. The number of hydrogen-bond donors (Lipinski definition) is 0. The molecule has 0 saturated heterocycles. The number of hydrogen-bond acceptors (Lipinski definition) is 4. The number of rotatable bonds is 4. The van der Waals surface area contributed by atoms with Crippen molar-refractivity contribution in [3.05, 3.63) is 65.7 Å². The normalized spacial score (nSPS) is 13.4. The van der Waals surface area contributed by atoms with Crippen LogP contribution >= 0.6 is 11.8 Å². The molecule has 0 unspecified atom stereocenters. The first-order valence-electron chi connectivity index (χ1n) is 8.31. The maximum atomic E-state index is 13.4. The molecule has 6 heteroatoms. The van der Waals surface area contributed by atoms with Crippen LogP contribution in [0, 0.1) is 6.92 Å². The summed E-state index contributed by atoms with van der Waals surface area (Å²) in [6.45, 7) is 4.08. The lowest BCUT2D eigenvalue weighted by Gasteiger charge is -2.24. The van der Waals surface area contributed by atoms with E-state index in [1.54, 1.807) is 36.4 Å². The lowest BCUT2D eigenvalue weighted by molar-refractivity contribution is 0.109. The van der Waals surface area contributed by atoms with Crippen LogP contribution < -0.4 is 4.31 Å². The second-order valence-corrected chi connectivity index (χ2v) is 9.03. The van der Waals surface area contributed by atoms with Crippen molar-refractivity contribution >= 4 is 43.4 Å². The Morgan fingerprint density at radius 3 is 2.54 bits per heavy atom. The molecule has 1 heterocycles. The molecule has 0 fully saturated rings. The molecule has 1 aliphatic heterocycles. The lowest BCUT2D eigenvalue weighted by Crippen LogP contribution is -2.31. The van der Waals surface area contributed by atoms with Crippen LogP contribution in [0.25, 0.3) is 10.8 Å². The van der Waals surface area contributed by atoms with E-state index in [0.717, 1.165) is 27.6 Å². The summed E-state index contributed by atoms with van der Waals surface area (Å²) in [6, 6.07) is 16.1. The zero-order valence-corrected chi connectivity index (χ0v) is 16.0. The Morgan fingerprint density at radius 1 is 1.04 bits per heavy atom. The fourth-order valence-corrected chi connectivity index (χ4v) is 5.97. The van der Waals surface area contributed by atoms with Gasteiger partial charge in [-0.15, -0.1) is 0 Å². The van der Waals surface area contributed by atoms with Crippen LogP contribution in [-0.2, 0) is 10.0 Å². The van der Waals surface area contributed by atoms with Crippen molar-refractivity contribution in [1.29, 1.82) is 0 Å². The second kappa shape index (κ2) is 6.14. The second-order valence-electron chi connectivity index (χ2n) is 6.19. The molecule has 0 aromatic heterocycles. The van der Waals surface area contributed by atoms with Crippen molar-refractivity contribution in [3.63, 3.8) is 0 Å². The van der Waals surface area contributed by atoms with E-state index < -0.39 is 10.0 Å². The van der Waals surface area contributed by atoms with Crippen molar-refractivity contribution < 1.29 is 13.2 Å². The van der Waals surface area contributed by atoms with Crippen LogP contribution in [0.15, 0.2) is 64.4 Å². The molecule has 0 radical (unpaired) electrons. The molecule has 0 atom stereocenters. The minimum absolute atomic E-state index is 0.0359. The Labute approximate surface area is 156 Å². The molecule has 0 bridgehead atoms. The third-order valence-electron chi connectivity index (χ3n) is 4.53. The summed E-state index contributed by atoms with van der Waals surface area (Å²) in [5.41, 5.74) is 2.22. The standard InChI is InChI=1S/C20H17NO3S2/c1-3-21(14-7-4-6-13(2)12-14)26(23,24)18-11-10-17-19-15(18)8-5-9-16(19)20(22)25-17/h4-12H,3H2,1-2H3. The number of nitrogens with zero attached hydrogens (tertiary/aromatic N) is 1. The highest BCUT2D eigenvalue weighted by atomic mass is 32.2. The highest BCUT2D eigenvalue weighted by Crippen LogP contribution is 2.43. The van der Waals surface area contributed by atoms with Gasteiger partial charge in [-0.25, -0.2) is 8.42 Å². The summed E-state index contributed by atoms with van der Waals surface area (Å²) >= 11 is 1.15. The summed E-state index contributed by atoms with van der Waals surface area (Å²) in [5, 5.41) is 1.31. The van der Waals surface area contributed by atoms with Gasteiger partial charge >= 0.3 is 0 Å². The van der Waals surface area contributed by atoms with Gasteiger partial charge in [0.2, 0.25) is 5.12 Å². The molecule has 0 aliphatic carbocycles. The van der Waals surface area contributed by atoms with Crippen LogP contribution in [0.3, 0.4) is 0 Å². The van der Waals surface area contributed by atoms with Gasteiger partial charge in [-0.05, 0) is 61.5 Å². The van der Waals surface area contributed by atoms with Crippen LogP contribution in [0.2, 0.25) is 0 Å². The molecule has 26 heavy (non-hydrogen) atoms. The summed E-state index contributed by atoms with van der Waals surface area (Å²) < 4.78 is 28.3. The van der Waals surface area contributed by atoms with Gasteiger partial charge in [-0.1, -0.05) is 24.3 Å². The fraction of sp³-hybridized carbons (Fsp3) is 0.150. The predicted octanol–water partition coefficient (Wildman–Crippen LogP) is 4.61. The number of thioether (sulfide) groups is 1. The smallest absolute Gasteiger partial charge is 0.264 e. The van der Waals surface area contributed by atoms with Crippen LogP contribution in [0.1, 0.15) is 22.8 Å². The van der Waals surface area contributed by atoms with Crippen molar-refractivity contribution in [2.24, 2.45) is 0 Å². The summed E-state index contributed by atoms with van der Waals surface area (Å²) in [7, 11) is -3.76. The van der Waals surface area contributed by atoms with Gasteiger partial charge in [0.1, 0.15) is 0 Å². The van der Waals surface area contributed by atoms with E-state index in [0.29, 0.717) is 23.2 Å². The Balaban J connectivity index is 1.95. The molecule has 3 aromatic rings. The van der Waals surface area contributed by atoms with Gasteiger partial charge in [0.05, 0.1) is 10.6 Å². The number of carbonyl (C=O) groups excluding carboxylic acids is 1. The quantitative estimate of drug-likeness (QED) is 0.660. The zero-order valence-electron chi connectivity index (χ0n) is 14.4. The van der Waals surface area contributed by atoms with Crippen molar-refractivity contribution in [1.82, 2.24) is 0 Å². The Morgan fingerprint density at radius 2 is 1.81 bits per heavy atom. The molecule has 4 rings (SSSR count). The number of carbonyl (C=O) groups is 1. The third-order valence-corrected chi connectivity index (χ3v) is 7.46. The maximum Gasteiger partial charge on any atom is 0.264 e. The first-order chi connectivity index (χ1) is 12.4. The van der Waals surface area contributed by atoms with Gasteiger partial charge in [-0.2, -0.15) is 0 Å². The van der Waals surface area contributed by atoms with Gasteiger partial charge in [0.15, 0.2) is 0 Å². The Hall–Kier alpha value is -2.31. The van der Waals surface area contributed by atoms with Crippen LogP contribution in [0.4, 0.5) is 5.69 Å². The van der Waals surface area contributed by atoms with E-state index >= 15 is 0 Å². The molecule has 0 amide bonds. The van der Waals surface area contributed by atoms with E-state index in [2.05, 4.69) is 0 Å². The van der Waals surface area contributed by atoms with Gasteiger partial charge in [-0.3, -0.25) is 9.10 Å². The van der Waals surface area contributed by atoms with E-state index in [4.69, 9.17) is 0 Å². The minimum Gasteiger partial charge on any atom is -0.281 e. The van der Waals surface area contributed by atoms with E-state index in [-0.39, 0.29) is 10.0 Å². The Bertz CT molecular complexity index is 1150. The number of benzene rings is 3. The van der Waals surface area contributed by atoms with E-state index in [9.17, 15) is 13.2 Å². The largest absolute Gasteiger partial charge is 0.281 e. The van der Waals surface area contributed by atoms with Crippen molar-refractivity contribution in [2.45, 2.75) is 23.6 Å². The molecule has 3 aromatic carbocycles. The zero-order chi connectivity index (χ0) is 18.5. The van der Waals surface area contributed by atoms with Gasteiger partial charge in [0, 0.05) is 27.8 Å². The van der Waals surface area contributed by atoms with Crippen molar-refractivity contribution in [3.8, 4) is 0 Å². The summed E-state index contributed by atoms with van der Waals surface area (Å²) in [4.78, 5) is 13.2. The topological polar surface area (TPSA) is 54.5 Å². The average Bonchev–Trinajstić information content (AvgIpc) is 2.93. The molecular weight excluding hydrogens is 366 g/mol. The maximum absolute atomic E-state index is 13.4. The lowest BCUT2D eigenvalue weighted by atomic mass is 10.1. The highest BCUT2D eigenvalue weighted by Gasteiger charge is 2.30. The number of anilines is 1. The first kappa shape index (κ1) is 17.1. The predicted molar refractivity (Wildman–Crippen MR) is 106 cm³/mol. The van der Waals surface area contributed by atoms with E-state index in [1.165, 1.54) is 4.31 Å². The number of sulfonamides is 1. The summed E-state index contributed by atoms with van der Waals surface area (Å²) in [5.74, 6) is 0. The number of aryl methyl sites for hydroxylation is 1. The molecular formula is C20H17NO3S2. The molecule has 0 saturated carbocycles. The minimum atomic E-state index is -3.76. The van der Waals surface area contributed by atoms with Crippen LogP contribution in [-0.4, -0.2) is 20.1 Å². The average molecular weight is 383 g/mol. The SMILES string of the molecule is CCN(c1cccc(C)c1)S(=O)(=O)c1ccc2c3c(cccc13)C(=O)S2. The first-order valence-corrected chi connectivity index (χ1v) is 10.6.